The second-order valence-electron chi connectivity index (χ2n) is 9.83. The summed E-state index contributed by atoms with van der Waals surface area (Å²) in [4.78, 5) is 31.4. The van der Waals surface area contributed by atoms with Gasteiger partial charge in [0.05, 0.1) is 17.7 Å². The molecule has 1 atom stereocenters. The number of amides is 2. The molecule has 3 aliphatic rings. The summed E-state index contributed by atoms with van der Waals surface area (Å²) in [6.07, 6.45) is 2.07. The van der Waals surface area contributed by atoms with Crippen molar-refractivity contribution in [2.45, 2.75) is 57.5 Å². The molecule has 0 aromatic carbocycles. The Balaban J connectivity index is 1.30. The molecule has 1 unspecified atom stereocenters. The van der Waals surface area contributed by atoms with E-state index in [4.69, 9.17) is 4.74 Å². The van der Waals surface area contributed by atoms with Crippen molar-refractivity contribution < 1.29 is 14.3 Å². The number of hydrogen-bond donors (Lipinski definition) is 0. The number of carbonyl (C=O) groups excluding carboxylic acids is 2. The third kappa shape index (κ3) is 4.15. The number of hydrogen-bond acceptors (Lipinski definition) is 6. The van der Waals surface area contributed by atoms with E-state index >= 15 is 0 Å². The van der Waals surface area contributed by atoms with Gasteiger partial charge in [-0.15, -0.1) is 5.10 Å². The highest BCUT2D eigenvalue weighted by Crippen LogP contribution is 2.29. The lowest BCUT2D eigenvalue weighted by Crippen LogP contribution is -2.61. The van der Waals surface area contributed by atoms with Crippen molar-refractivity contribution in [1.29, 1.82) is 0 Å². The number of carbonyl (C=O) groups is 2. The van der Waals surface area contributed by atoms with Gasteiger partial charge in [-0.25, -0.2) is 0 Å². The molecule has 4 rings (SSSR count). The molecule has 0 aliphatic carbocycles. The van der Waals surface area contributed by atoms with Crippen molar-refractivity contribution in [2.75, 3.05) is 44.8 Å². The summed E-state index contributed by atoms with van der Waals surface area (Å²) in [6.45, 7) is 9.79. The van der Waals surface area contributed by atoms with Crippen LogP contribution in [0.5, 0.6) is 0 Å². The van der Waals surface area contributed by atoms with Crippen LogP contribution in [0.25, 0.3) is 0 Å². The molecular weight excluding hydrogens is 382 g/mol. The van der Waals surface area contributed by atoms with Crippen LogP contribution >= 0.6 is 0 Å². The molecule has 3 aliphatic heterocycles. The van der Waals surface area contributed by atoms with Gasteiger partial charge in [-0.2, -0.15) is 5.10 Å². The van der Waals surface area contributed by atoms with Gasteiger partial charge in [0, 0.05) is 57.8 Å². The molecule has 4 heterocycles. The maximum absolute atomic E-state index is 13.0. The number of aromatic nitrogens is 2. The second kappa shape index (κ2) is 8.13. The fourth-order valence-corrected chi connectivity index (χ4v) is 4.50. The first-order valence-electron chi connectivity index (χ1n) is 11.0. The minimum absolute atomic E-state index is 0.0209. The van der Waals surface area contributed by atoms with Crippen LogP contribution in [0.3, 0.4) is 0 Å². The first-order chi connectivity index (χ1) is 14.2. The zero-order chi connectivity index (χ0) is 21.5. The maximum Gasteiger partial charge on any atom is 0.228 e. The monoisotopic (exact) mass is 415 g/mol. The number of nitrogens with zero attached hydrogens (tertiary/aromatic N) is 5. The first kappa shape index (κ1) is 21.0. The van der Waals surface area contributed by atoms with Gasteiger partial charge in [0.2, 0.25) is 11.8 Å². The number of rotatable bonds is 4. The van der Waals surface area contributed by atoms with Gasteiger partial charge in [0.15, 0.2) is 5.82 Å². The number of anilines is 1. The molecule has 1 aromatic rings. The van der Waals surface area contributed by atoms with Crippen LogP contribution in [0, 0.1) is 5.92 Å². The Bertz CT molecular complexity index is 779. The van der Waals surface area contributed by atoms with E-state index in [9.17, 15) is 9.59 Å². The summed E-state index contributed by atoms with van der Waals surface area (Å²) >= 11 is 0. The average Bonchev–Trinajstić information content (AvgIpc) is 3.08. The van der Waals surface area contributed by atoms with Gasteiger partial charge < -0.3 is 19.4 Å². The minimum Gasteiger partial charge on any atom is -0.381 e. The Morgan fingerprint density at radius 3 is 2.43 bits per heavy atom. The third-order valence-corrected chi connectivity index (χ3v) is 6.64. The molecule has 0 radical (unpaired) electrons. The van der Waals surface area contributed by atoms with Crippen LogP contribution in [0.15, 0.2) is 12.1 Å². The molecule has 0 bridgehead atoms. The highest BCUT2D eigenvalue weighted by Gasteiger charge is 2.42. The molecular formula is C22H33N5O3. The van der Waals surface area contributed by atoms with Crippen LogP contribution < -0.4 is 4.90 Å². The van der Waals surface area contributed by atoms with Crippen LogP contribution in [-0.2, 0) is 19.7 Å². The Labute approximate surface area is 178 Å². The fourth-order valence-electron chi connectivity index (χ4n) is 4.50. The van der Waals surface area contributed by atoms with Crippen LogP contribution in [0.1, 0.15) is 45.7 Å². The second-order valence-corrected chi connectivity index (χ2v) is 9.83. The summed E-state index contributed by atoms with van der Waals surface area (Å²) < 4.78 is 5.40. The Kier molecular flexibility index (Phi) is 5.70. The lowest BCUT2D eigenvalue weighted by Gasteiger charge is -2.45. The largest absolute Gasteiger partial charge is 0.381 e. The Morgan fingerprint density at radius 1 is 1.13 bits per heavy atom. The van der Waals surface area contributed by atoms with Gasteiger partial charge in [-0.05, 0) is 25.0 Å². The summed E-state index contributed by atoms with van der Waals surface area (Å²) in [5.74, 6) is 0.807. The van der Waals surface area contributed by atoms with Crippen molar-refractivity contribution in [3.63, 3.8) is 0 Å². The van der Waals surface area contributed by atoms with Crippen molar-refractivity contribution in [2.24, 2.45) is 5.92 Å². The van der Waals surface area contributed by atoms with E-state index in [1.54, 1.807) is 0 Å². The Morgan fingerprint density at radius 2 is 1.83 bits per heavy atom. The van der Waals surface area contributed by atoms with Crippen LogP contribution in [0.2, 0.25) is 0 Å². The Hall–Kier alpha value is -2.22. The standard InChI is InChI=1S/C22H33N5O3/c1-22(2,3)18-5-6-19(24-23-18)26-13-17(14-26)25(4)21(29)15-11-20(28)27(12-15)16-7-9-30-10-8-16/h5-6,15-17H,7-14H2,1-4H3. The lowest BCUT2D eigenvalue weighted by atomic mass is 9.92. The van der Waals surface area contributed by atoms with Gasteiger partial charge >= 0.3 is 0 Å². The SMILES string of the molecule is CN(C(=O)C1CC(=O)N(C2CCOCC2)C1)C1CN(c2ccc(C(C)(C)C)nn2)C1. The minimum atomic E-state index is -0.231. The average molecular weight is 416 g/mol. The fraction of sp³-hybridized carbons (Fsp3) is 0.727. The van der Waals surface area contributed by atoms with Gasteiger partial charge in [0.25, 0.3) is 0 Å². The molecule has 0 spiro atoms. The van der Waals surface area contributed by atoms with Crippen molar-refractivity contribution in [1.82, 2.24) is 20.0 Å². The van der Waals surface area contributed by atoms with E-state index in [1.807, 2.05) is 29.0 Å². The highest BCUT2D eigenvalue weighted by molar-refractivity contribution is 5.89. The summed E-state index contributed by atoms with van der Waals surface area (Å²) in [5.41, 5.74) is 0.947. The van der Waals surface area contributed by atoms with E-state index in [1.165, 1.54) is 0 Å². The molecule has 0 N–H and O–H groups in total. The lowest BCUT2D eigenvalue weighted by molar-refractivity contribution is -0.137. The van der Waals surface area contributed by atoms with E-state index in [0.29, 0.717) is 26.2 Å². The van der Waals surface area contributed by atoms with Crippen LogP contribution in [0.4, 0.5) is 5.82 Å². The van der Waals surface area contributed by atoms with E-state index in [-0.39, 0.29) is 35.2 Å². The van der Waals surface area contributed by atoms with Crippen molar-refractivity contribution >= 4 is 17.6 Å². The summed E-state index contributed by atoms with van der Waals surface area (Å²) in [6, 6.07) is 4.41. The zero-order valence-electron chi connectivity index (χ0n) is 18.5. The molecule has 3 saturated heterocycles. The van der Waals surface area contributed by atoms with E-state index in [0.717, 1.165) is 37.4 Å². The molecule has 2 amide bonds. The number of likely N-dealkylation sites (tertiary alicyclic amines) is 1. The quantitative estimate of drug-likeness (QED) is 0.741. The molecule has 30 heavy (non-hydrogen) atoms. The first-order valence-corrected chi connectivity index (χ1v) is 11.0. The zero-order valence-corrected chi connectivity index (χ0v) is 18.5. The third-order valence-electron chi connectivity index (χ3n) is 6.64. The van der Waals surface area contributed by atoms with Gasteiger partial charge in [-0.3, -0.25) is 9.59 Å². The maximum atomic E-state index is 13.0. The normalized spacial score (nSPS) is 23.6. The van der Waals surface area contributed by atoms with Crippen molar-refractivity contribution in [3.8, 4) is 0 Å². The number of ether oxygens (including phenoxy) is 1. The molecule has 3 fully saturated rings. The van der Waals surface area contributed by atoms with Crippen molar-refractivity contribution in [3.05, 3.63) is 17.8 Å². The van der Waals surface area contributed by atoms with Gasteiger partial charge in [-0.1, -0.05) is 20.8 Å². The molecule has 164 valence electrons. The predicted molar refractivity (Wildman–Crippen MR) is 113 cm³/mol. The topological polar surface area (TPSA) is 78.9 Å². The molecule has 1 aromatic heterocycles. The molecule has 0 saturated carbocycles. The molecule has 8 heteroatoms. The molecule has 8 nitrogen and oxygen atoms in total. The van der Waals surface area contributed by atoms with E-state index < -0.39 is 0 Å². The highest BCUT2D eigenvalue weighted by atomic mass is 16.5. The summed E-state index contributed by atoms with van der Waals surface area (Å²) in [7, 11) is 1.86. The van der Waals surface area contributed by atoms with E-state index in [2.05, 4.69) is 35.9 Å². The summed E-state index contributed by atoms with van der Waals surface area (Å²) in [5, 5.41) is 8.72. The predicted octanol–water partition coefficient (Wildman–Crippen LogP) is 1.45. The van der Waals surface area contributed by atoms with Crippen LogP contribution in [-0.4, -0.2) is 83.8 Å². The van der Waals surface area contributed by atoms with Gasteiger partial charge in [0.1, 0.15) is 0 Å². The number of likely N-dealkylation sites (N-methyl/N-ethyl adjacent to an activating group) is 1. The smallest absolute Gasteiger partial charge is 0.228 e.